The molecule has 0 aromatic rings. The molecule has 0 N–H and O–H groups in total. The minimum Gasteiger partial charge on any atom is -0.459 e. The van der Waals surface area contributed by atoms with Gasteiger partial charge >= 0.3 is 12.1 Å². The molecule has 0 bridgehead atoms. The summed E-state index contributed by atoms with van der Waals surface area (Å²) in [7, 11) is 0. The molecular formula is C37H58N2O5. The van der Waals surface area contributed by atoms with E-state index < -0.39 is 5.60 Å². The monoisotopic (exact) mass is 610 g/mol. The number of amides is 1. The van der Waals surface area contributed by atoms with Crippen LogP contribution in [-0.2, 0) is 19.1 Å². The van der Waals surface area contributed by atoms with Gasteiger partial charge in [-0.2, -0.15) is 0 Å². The van der Waals surface area contributed by atoms with E-state index in [2.05, 4.69) is 18.7 Å². The smallest absolute Gasteiger partial charge is 0.410 e. The Morgan fingerprint density at radius 2 is 1.70 bits per heavy atom. The zero-order valence-corrected chi connectivity index (χ0v) is 27.7. The van der Waals surface area contributed by atoms with Gasteiger partial charge in [0.05, 0.1) is 13.1 Å². The first kappa shape index (κ1) is 31.0. The second kappa shape index (κ2) is 12.2. The Labute approximate surface area is 265 Å². The van der Waals surface area contributed by atoms with Crippen molar-refractivity contribution in [3.8, 4) is 0 Å². The van der Waals surface area contributed by atoms with Crippen molar-refractivity contribution < 1.29 is 23.9 Å². The quantitative estimate of drug-likeness (QED) is 0.272. The fourth-order valence-corrected chi connectivity index (χ4v) is 11.8. The summed E-state index contributed by atoms with van der Waals surface area (Å²) in [5, 5.41) is 0. The van der Waals surface area contributed by atoms with Gasteiger partial charge in [0, 0.05) is 24.8 Å². The molecule has 5 saturated carbocycles. The summed E-state index contributed by atoms with van der Waals surface area (Å²) in [5.41, 5.74) is -0.220. The van der Waals surface area contributed by atoms with Gasteiger partial charge in [-0.3, -0.25) is 14.5 Å². The van der Waals surface area contributed by atoms with E-state index in [9.17, 15) is 14.4 Å². The van der Waals surface area contributed by atoms with Crippen molar-refractivity contribution in [2.75, 3.05) is 32.7 Å². The van der Waals surface area contributed by atoms with E-state index in [0.29, 0.717) is 61.4 Å². The van der Waals surface area contributed by atoms with Crippen LogP contribution < -0.4 is 0 Å². The first-order valence-electron chi connectivity index (χ1n) is 18.6. The Kier molecular flexibility index (Phi) is 8.59. The number of hydrogen-bond acceptors (Lipinski definition) is 6. The van der Waals surface area contributed by atoms with Crippen molar-refractivity contribution in [2.45, 2.75) is 141 Å². The molecule has 1 amide bonds. The second-order valence-corrected chi connectivity index (χ2v) is 16.9. The molecule has 1 spiro atoms. The lowest BCUT2D eigenvalue weighted by molar-refractivity contribution is -0.151. The summed E-state index contributed by atoms with van der Waals surface area (Å²) in [6.45, 7) is 8.66. The number of ether oxygens (including phenoxy) is 2. The molecule has 44 heavy (non-hydrogen) atoms. The van der Waals surface area contributed by atoms with Crippen LogP contribution in [-0.4, -0.2) is 72.1 Å². The Balaban J connectivity index is 0.992. The molecule has 2 heterocycles. The van der Waals surface area contributed by atoms with Crippen LogP contribution in [0.4, 0.5) is 4.79 Å². The maximum absolute atomic E-state index is 13.4. The zero-order valence-electron chi connectivity index (χ0n) is 27.7. The van der Waals surface area contributed by atoms with Crippen LogP contribution in [0.25, 0.3) is 0 Å². The predicted molar refractivity (Wildman–Crippen MR) is 169 cm³/mol. The number of esters is 1. The first-order valence-corrected chi connectivity index (χ1v) is 18.6. The minimum atomic E-state index is -0.414. The van der Waals surface area contributed by atoms with E-state index >= 15 is 0 Å². The molecule has 7 heteroatoms. The van der Waals surface area contributed by atoms with Crippen molar-refractivity contribution in [2.24, 2.45) is 40.4 Å². The van der Waals surface area contributed by atoms with Gasteiger partial charge in [0.1, 0.15) is 17.5 Å². The maximum atomic E-state index is 13.4. The molecule has 7 aliphatic rings. The third-order valence-corrected chi connectivity index (χ3v) is 14.4. The van der Waals surface area contributed by atoms with Crippen molar-refractivity contribution >= 4 is 17.8 Å². The molecule has 246 valence electrons. The van der Waals surface area contributed by atoms with E-state index in [4.69, 9.17) is 9.47 Å². The van der Waals surface area contributed by atoms with Gasteiger partial charge in [-0.05, 0) is 119 Å². The molecule has 1 unspecified atom stereocenters. The largest absolute Gasteiger partial charge is 0.459 e. The molecule has 5 aliphatic carbocycles. The summed E-state index contributed by atoms with van der Waals surface area (Å²) >= 11 is 0. The number of ketones is 1. The highest BCUT2D eigenvalue weighted by Crippen LogP contribution is 2.66. The molecule has 0 radical (unpaired) electrons. The lowest BCUT2D eigenvalue weighted by Crippen LogP contribution is -2.56. The fourth-order valence-electron chi connectivity index (χ4n) is 11.8. The highest BCUT2D eigenvalue weighted by Gasteiger charge is 2.63. The summed E-state index contributed by atoms with van der Waals surface area (Å²) < 4.78 is 12.5. The molecule has 7 rings (SSSR count). The number of hydrogen-bond donors (Lipinski definition) is 0. The van der Waals surface area contributed by atoms with Crippen LogP contribution >= 0.6 is 0 Å². The van der Waals surface area contributed by atoms with Crippen molar-refractivity contribution in [3.05, 3.63) is 0 Å². The molecular weight excluding hydrogens is 552 g/mol. The zero-order chi connectivity index (χ0) is 30.5. The number of piperidine rings is 1. The van der Waals surface area contributed by atoms with E-state index in [1.54, 1.807) is 0 Å². The Bertz CT molecular complexity index is 1100. The van der Waals surface area contributed by atoms with Crippen molar-refractivity contribution in [3.63, 3.8) is 0 Å². The molecule has 2 aliphatic heterocycles. The fraction of sp³-hybridized carbons (Fsp3) is 0.919. The van der Waals surface area contributed by atoms with Gasteiger partial charge in [-0.15, -0.1) is 0 Å². The maximum Gasteiger partial charge on any atom is 0.410 e. The average molecular weight is 611 g/mol. The molecule has 7 nitrogen and oxygen atoms in total. The number of carbonyl (C=O) groups excluding carboxylic acids is 3. The van der Waals surface area contributed by atoms with E-state index in [1.807, 2.05) is 4.90 Å². The average Bonchev–Trinajstić information content (AvgIpc) is 3.71. The van der Waals surface area contributed by atoms with Crippen molar-refractivity contribution in [1.82, 2.24) is 9.80 Å². The summed E-state index contributed by atoms with van der Waals surface area (Å²) in [4.78, 5) is 43.6. The Morgan fingerprint density at radius 3 is 2.50 bits per heavy atom. The highest BCUT2D eigenvalue weighted by atomic mass is 16.6. The van der Waals surface area contributed by atoms with Crippen LogP contribution in [0.15, 0.2) is 0 Å². The van der Waals surface area contributed by atoms with E-state index in [0.717, 1.165) is 58.0 Å². The number of rotatable bonds is 8. The van der Waals surface area contributed by atoms with Gasteiger partial charge in [0.2, 0.25) is 0 Å². The number of fused-ring (bicyclic) bond motifs is 5. The third-order valence-electron chi connectivity index (χ3n) is 14.4. The summed E-state index contributed by atoms with van der Waals surface area (Å²) in [6.07, 6.45) is 19.1. The standard InChI is InChI=1S/C37H58N2O5/c1-35-18-19-37(22-27(35)11-12-29-30-13-14-32(40)36(30,2)17-16-31(29)35)25-39(34(42)44-37)24-28(23-38-20-6-3-7-21-38)43-33(41)15-10-26-8-4-5-9-26/h26-31H,3-25H2,1-2H3/t27-,28?,29-,30-,31-,35-,36-,37+/m0/s1. The highest BCUT2D eigenvalue weighted by molar-refractivity contribution is 5.87. The second-order valence-electron chi connectivity index (χ2n) is 16.9. The van der Waals surface area contributed by atoms with Crippen LogP contribution in [0.2, 0.25) is 0 Å². The lowest BCUT2D eigenvalue weighted by atomic mass is 9.44. The molecule has 8 atom stereocenters. The van der Waals surface area contributed by atoms with Crippen LogP contribution in [0.1, 0.15) is 129 Å². The summed E-state index contributed by atoms with van der Waals surface area (Å²) in [6, 6.07) is 0. The van der Waals surface area contributed by atoms with E-state index in [1.165, 1.54) is 64.2 Å². The SMILES string of the molecule is C[C@]12CC[C@@]3(C[C@@H]1CC[C@@H]1[C@@H]2CC[C@]2(C)C(=O)CC[C@@H]12)CN(CC(CN1CCCCC1)OC(=O)CCC1CCCC1)C(=O)O3. The van der Waals surface area contributed by atoms with Gasteiger partial charge in [0.25, 0.3) is 0 Å². The summed E-state index contributed by atoms with van der Waals surface area (Å²) in [5.74, 6) is 3.59. The topological polar surface area (TPSA) is 76.2 Å². The molecule has 0 aromatic heterocycles. The number of nitrogens with zero attached hydrogens (tertiary/aromatic N) is 2. The normalized spacial score (nSPS) is 41.7. The Hall–Kier alpha value is -1.63. The molecule has 0 aromatic carbocycles. The van der Waals surface area contributed by atoms with E-state index in [-0.39, 0.29) is 29.0 Å². The first-order chi connectivity index (χ1) is 21.2. The van der Waals surface area contributed by atoms with Crippen molar-refractivity contribution in [1.29, 1.82) is 0 Å². The number of carbonyl (C=O) groups is 3. The lowest BCUT2D eigenvalue weighted by Gasteiger charge is -2.61. The molecule has 2 saturated heterocycles. The number of likely N-dealkylation sites (tertiary alicyclic amines) is 1. The molecule has 7 fully saturated rings. The van der Waals surface area contributed by atoms with Crippen LogP contribution in [0, 0.1) is 40.4 Å². The van der Waals surface area contributed by atoms with Crippen LogP contribution in [0.3, 0.4) is 0 Å². The van der Waals surface area contributed by atoms with Gasteiger partial charge in [0.15, 0.2) is 0 Å². The minimum absolute atomic E-state index is 0.0770. The Morgan fingerprint density at radius 1 is 0.909 bits per heavy atom. The van der Waals surface area contributed by atoms with Crippen LogP contribution in [0.5, 0.6) is 0 Å². The van der Waals surface area contributed by atoms with Gasteiger partial charge < -0.3 is 14.4 Å². The third kappa shape index (κ3) is 5.74. The van der Waals surface area contributed by atoms with Gasteiger partial charge in [-0.25, -0.2) is 4.79 Å². The van der Waals surface area contributed by atoms with Gasteiger partial charge in [-0.1, -0.05) is 46.0 Å². The predicted octanol–water partition coefficient (Wildman–Crippen LogP) is 7.16. The number of Topliss-reactive ketones (excluding diaryl/α,β-unsaturated/α-hetero) is 1.